The SMILES string of the molecule is Cc1ccc(NC(=O)N2CCN(c3nc(Cc4ccccc4)nc4sc5c(c34)CCCC5)CC2)cc1Cl. The number of thiophene rings is 1. The van der Waals surface area contributed by atoms with Crippen LogP contribution in [0.2, 0.25) is 5.02 Å². The number of anilines is 2. The second-order valence-electron chi connectivity index (χ2n) is 9.89. The molecule has 37 heavy (non-hydrogen) atoms. The van der Waals surface area contributed by atoms with Gasteiger partial charge in [0.25, 0.3) is 0 Å². The third-order valence-corrected chi connectivity index (χ3v) is 8.93. The van der Waals surface area contributed by atoms with Crippen LogP contribution in [0.4, 0.5) is 16.3 Å². The third kappa shape index (κ3) is 5.03. The Morgan fingerprint density at radius 1 is 1.03 bits per heavy atom. The van der Waals surface area contributed by atoms with E-state index in [1.807, 2.05) is 41.4 Å². The molecular formula is C29H30ClN5OS. The number of nitrogens with zero attached hydrogens (tertiary/aromatic N) is 4. The number of benzene rings is 2. The Balaban J connectivity index is 1.24. The lowest BCUT2D eigenvalue weighted by molar-refractivity contribution is 0.208. The Kier molecular flexibility index (Phi) is 6.74. The molecule has 0 saturated carbocycles. The molecular weight excluding hydrogens is 502 g/mol. The monoisotopic (exact) mass is 531 g/mol. The number of carbonyl (C=O) groups is 1. The fraction of sp³-hybridized carbons (Fsp3) is 0.345. The molecule has 0 atom stereocenters. The maximum Gasteiger partial charge on any atom is 0.321 e. The fourth-order valence-corrected chi connectivity index (χ4v) is 6.72. The summed E-state index contributed by atoms with van der Waals surface area (Å²) in [7, 11) is 0. The van der Waals surface area contributed by atoms with Gasteiger partial charge >= 0.3 is 6.03 Å². The Hall–Kier alpha value is -3.16. The molecule has 190 valence electrons. The third-order valence-electron chi connectivity index (χ3n) is 7.34. The van der Waals surface area contributed by atoms with Crippen LogP contribution < -0.4 is 10.2 Å². The van der Waals surface area contributed by atoms with Gasteiger partial charge in [0.15, 0.2) is 0 Å². The molecule has 3 heterocycles. The van der Waals surface area contributed by atoms with Crippen LogP contribution >= 0.6 is 22.9 Å². The zero-order valence-electron chi connectivity index (χ0n) is 21.0. The number of piperazine rings is 1. The number of aryl methyl sites for hydroxylation is 3. The minimum atomic E-state index is -0.0925. The number of nitrogens with one attached hydrogen (secondary N) is 1. The van der Waals surface area contributed by atoms with Crippen molar-refractivity contribution in [3.8, 4) is 0 Å². The summed E-state index contributed by atoms with van der Waals surface area (Å²) in [6.07, 6.45) is 5.43. The molecule has 0 radical (unpaired) electrons. The molecule has 6 rings (SSSR count). The van der Waals surface area contributed by atoms with Crippen LogP contribution in [0.5, 0.6) is 0 Å². The summed E-state index contributed by atoms with van der Waals surface area (Å²) < 4.78 is 0. The van der Waals surface area contributed by atoms with Gasteiger partial charge in [-0.2, -0.15) is 0 Å². The molecule has 2 aromatic heterocycles. The Bertz CT molecular complexity index is 1450. The van der Waals surface area contributed by atoms with Crippen LogP contribution in [-0.2, 0) is 19.3 Å². The number of rotatable bonds is 4. The van der Waals surface area contributed by atoms with E-state index in [2.05, 4.69) is 34.5 Å². The van der Waals surface area contributed by atoms with Gasteiger partial charge in [0.05, 0.1) is 5.39 Å². The van der Waals surface area contributed by atoms with Crippen LogP contribution in [0.15, 0.2) is 48.5 Å². The summed E-state index contributed by atoms with van der Waals surface area (Å²) in [5, 5.41) is 4.89. The molecule has 1 fully saturated rings. The van der Waals surface area contributed by atoms with Crippen molar-refractivity contribution in [1.82, 2.24) is 14.9 Å². The van der Waals surface area contributed by atoms with E-state index in [1.54, 1.807) is 6.07 Å². The first kappa shape index (κ1) is 24.2. The zero-order chi connectivity index (χ0) is 25.4. The van der Waals surface area contributed by atoms with E-state index in [0.29, 0.717) is 24.5 Å². The van der Waals surface area contributed by atoms with Gasteiger partial charge in [-0.25, -0.2) is 14.8 Å². The number of aromatic nitrogens is 2. The smallest absolute Gasteiger partial charge is 0.321 e. The number of carbonyl (C=O) groups excluding carboxylic acids is 1. The molecule has 2 aromatic carbocycles. The minimum Gasteiger partial charge on any atom is -0.352 e. The second kappa shape index (κ2) is 10.3. The van der Waals surface area contributed by atoms with Crippen molar-refractivity contribution in [2.75, 3.05) is 36.4 Å². The van der Waals surface area contributed by atoms with Crippen molar-refractivity contribution in [2.24, 2.45) is 0 Å². The lowest BCUT2D eigenvalue weighted by Crippen LogP contribution is -2.50. The van der Waals surface area contributed by atoms with Gasteiger partial charge in [-0.15, -0.1) is 11.3 Å². The Morgan fingerprint density at radius 3 is 2.59 bits per heavy atom. The van der Waals surface area contributed by atoms with Crippen molar-refractivity contribution in [3.05, 3.63) is 80.9 Å². The predicted octanol–water partition coefficient (Wildman–Crippen LogP) is 6.48. The van der Waals surface area contributed by atoms with E-state index in [-0.39, 0.29) is 6.03 Å². The topological polar surface area (TPSA) is 61.4 Å². The number of halogens is 1. The van der Waals surface area contributed by atoms with Crippen LogP contribution in [-0.4, -0.2) is 47.1 Å². The van der Waals surface area contributed by atoms with E-state index in [9.17, 15) is 4.79 Å². The van der Waals surface area contributed by atoms with Gasteiger partial charge in [-0.3, -0.25) is 0 Å². The first-order valence-electron chi connectivity index (χ1n) is 13.0. The molecule has 1 N–H and O–H groups in total. The highest BCUT2D eigenvalue weighted by atomic mass is 35.5. The van der Waals surface area contributed by atoms with Crippen molar-refractivity contribution in [1.29, 1.82) is 0 Å². The average Bonchev–Trinajstić information content (AvgIpc) is 3.29. The normalized spacial score (nSPS) is 15.6. The van der Waals surface area contributed by atoms with E-state index in [1.165, 1.54) is 34.2 Å². The molecule has 0 bridgehead atoms. The van der Waals surface area contributed by atoms with Gasteiger partial charge in [0.1, 0.15) is 16.5 Å². The maximum atomic E-state index is 13.0. The lowest BCUT2D eigenvalue weighted by atomic mass is 9.96. The first-order chi connectivity index (χ1) is 18.0. The van der Waals surface area contributed by atoms with Gasteiger partial charge < -0.3 is 15.1 Å². The molecule has 1 saturated heterocycles. The molecule has 1 aliphatic carbocycles. The van der Waals surface area contributed by atoms with Gasteiger partial charge in [0, 0.05) is 48.2 Å². The summed E-state index contributed by atoms with van der Waals surface area (Å²) in [4.78, 5) is 29.9. The predicted molar refractivity (Wildman–Crippen MR) is 152 cm³/mol. The molecule has 0 unspecified atom stereocenters. The van der Waals surface area contributed by atoms with Crippen molar-refractivity contribution < 1.29 is 4.79 Å². The fourth-order valence-electron chi connectivity index (χ4n) is 5.26. The average molecular weight is 532 g/mol. The Labute approximate surface area is 226 Å². The highest BCUT2D eigenvalue weighted by Crippen LogP contribution is 2.40. The summed E-state index contributed by atoms with van der Waals surface area (Å²) in [5.41, 5.74) is 4.37. The Morgan fingerprint density at radius 2 is 1.81 bits per heavy atom. The molecule has 6 nitrogen and oxygen atoms in total. The molecule has 4 aromatic rings. The maximum absolute atomic E-state index is 13.0. The zero-order valence-corrected chi connectivity index (χ0v) is 22.5. The molecule has 2 aliphatic rings. The van der Waals surface area contributed by atoms with E-state index >= 15 is 0 Å². The van der Waals surface area contributed by atoms with Gasteiger partial charge in [-0.1, -0.05) is 48.0 Å². The number of fused-ring (bicyclic) bond motifs is 3. The summed E-state index contributed by atoms with van der Waals surface area (Å²) >= 11 is 8.09. The van der Waals surface area contributed by atoms with E-state index in [4.69, 9.17) is 21.6 Å². The standard InChI is InChI=1S/C29H30ClN5OS/c1-19-11-12-21(18-23(19)30)31-29(36)35-15-13-34(14-16-35)27-26-22-9-5-6-10-24(22)37-28(26)33-25(32-27)17-20-7-3-2-4-8-20/h2-4,7-8,11-12,18H,5-6,9-10,13-17H2,1H3,(H,31,36). The van der Waals surface area contributed by atoms with Gasteiger partial charge in [0.2, 0.25) is 0 Å². The summed E-state index contributed by atoms with van der Waals surface area (Å²) in [6.45, 7) is 4.70. The molecule has 2 amide bonds. The van der Waals surface area contributed by atoms with E-state index in [0.717, 1.165) is 53.7 Å². The molecule has 8 heteroatoms. The highest BCUT2D eigenvalue weighted by molar-refractivity contribution is 7.19. The second-order valence-corrected chi connectivity index (χ2v) is 11.4. The van der Waals surface area contributed by atoms with Gasteiger partial charge in [-0.05, 0) is 61.4 Å². The quantitative estimate of drug-likeness (QED) is 0.327. The van der Waals surface area contributed by atoms with Crippen molar-refractivity contribution in [2.45, 2.75) is 39.0 Å². The first-order valence-corrected chi connectivity index (χ1v) is 14.2. The summed E-state index contributed by atoms with van der Waals surface area (Å²) in [6, 6.07) is 15.9. The number of hydrogen-bond donors (Lipinski definition) is 1. The van der Waals surface area contributed by atoms with Crippen LogP contribution in [0.25, 0.3) is 10.2 Å². The van der Waals surface area contributed by atoms with Crippen LogP contribution in [0, 0.1) is 6.92 Å². The van der Waals surface area contributed by atoms with Crippen LogP contribution in [0.3, 0.4) is 0 Å². The molecule has 0 spiro atoms. The highest BCUT2D eigenvalue weighted by Gasteiger charge is 2.27. The largest absolute Gasteiger partial charge is 0.352 e. The van der Waals surface area contributed by atoms with E-state index < -0.39 is 0 Å². The van der Waals surface area contributed by atoms with Crippen LogP contribution in [0.1, 0.15) is 40.2 Å². The van der Waals surface area contributed by atoms with Crippen molar-refractivity contribution >= 4 is 50.7 Å². The number of amides is 2. The van der Waals surface area contributed by atoms with Crippen molar-refractivity contribution in [3.63, 3.8) is 0 Å². The summed E-state index contributed by atoms with van der Waals surface area (Å²) in [5.74, 6) is 1.91. The number of hydrogen-bond acceptors (Lipinski definition) is 5. The minimum absolute atomic E-state index is 0.0925. The number of urea groups is 1. The lowest BCUT2D eigenvalue weighted by Gasteiger charge is -2.36. The molecule has 1 aliphatic heterocycles.